The predicted molar refractivity (Wildman–Crippen MR) is 60.6 cm³/mol. The Labute approximate surface area is 93.9 Å². The lowest BCUT2D eigenvalue weighted by Crippen LogP contribution is -1.75. The number of carbonyl (C=O) groups is 1. The highest BCUT2D eigenvalue weighted by molar-refractivity contribution is 9.10. The van der Waals surface area contributed by atoms with Gasteiger partial charge in [0.1, 0.15) is 0 Å². The van der Waals surface area contributed by atoms with Crippen LogP contribution in [-0.4, -0.2) is 10.7 Å². The average molecular weight is 268 g/mol. The second-order valence-corrected chi connectivity index (χ2v) is 4.49. The van der Waals surface area contributed by atoms with E-state index in [9.17, 15) is 4.79 Å². The summed E-state index contributed by atoms with van der Waals surface area (Å²) in [5, 5.41) is 0. The van der Waals surface area contributed by atoms with E-state index in [0.717, 1.165) is 22.0 Å². The van der Waals surface area contributed by atoms with Crippen molar-refractivity contribution in [3.05, 3.63) is 39.7 Å². The molecule has 0 atom stereocenters. The van der Waals surface area contributed by atoms with Crippen molar-refractivity contribution in [1.82, 2.24) is 4.37 Å². The summed E-state index contributed by atoms with van der Waals surface area (Å²) in [5.41, 5.74) is 1.86. The van der Waals surface area contributed by atoms with Crippen LogP contribution in [0.4, 0.5) is 0 Å². The Balaban J connectivity index is 2.43. The largest absolute Gasteiger partial charge is 0.297 e. The van der Waals surface area contributed by atoms with Crippen LogP contribution in [0.15, 0.2) is 34.8 Å². The summed E-state index contributed by atoms with van der Waals surface area (Å²) in [6, 6.07) is 9.63. The van der Waals surface area contributed by atoms with Gasteiger partial charge in [-0.15, -0.1) is 0 Å². The van der Waals surface area contributed by atoms with E-state index < -0.39 is 0 Å². The van der Waals surface area contributed by atoms with Crippen LogP contribution >= 0.6 is 27.5 Å². The molecule has 0 radical (unpaired) electrons. The predicted octanol–water partition coefficient (Wildman–Crippen LogP) is 3.39. The van der Waals surface area contributed by atoms with Crippen molar-refractivity contribution in [2.24, 2.45) is 0 Å². The summed E-state index contributed by atoms with van der Waals surface area (Å²) in [7, 11) is 0. The molecule has 14 heavy (non-hydrogen) atoms. The highest BCUT2D eigenvalue weighted by Gasteiger charge is 2.03. The van der Waals surface area contributed by atoms with Gasteiger partial charge in [0.15, 0.2) is 6.29 Å². The van der Waals surface area contributed by atoms with Gasteiger partial charge < -0.3 is 0 Å². The van der Waals surface area contributed by atoms with E-state index in [1.54, 1.807) is 6.07 Å². The number of halogens is 1. The molecule has 2 aromatic rings. The maximum absolute atomic E-state index is 10.5. The molecule has 0 spiro atoms. The standard InChI is InChI=1S/C10H6BrNOS/c11-8-3-1-2-7(4-8)10-5-9(6-13)14-12-10/h1-6H. The fraction of sp³-hybridized carbons (Fsp3) is 0. The van der Waals surface area contributed by atoms with Crippen LogP contribution in [0.1, 0.15) is 9.67 Å². The molecule has 0 saturated heterocycles. The molecule has 4 heteroatoms. The normalized spacial score (nSPS) is 10.1. The monoisotopic (exact) mass is 267 g/mol. The Hall–Kier alpha value is -1.00. The molecule has 1 heterocycles. The van der Waals surface area contributed by atoms with Gasteiger partial charge in [-0.1, -0.05) is 28.1 Å². The first-order chi connectivity index (χ1) is 6.79. The van der Waals surface area contributed by atoms with E-state index in [4.69, 9.17) is 0 Å². The minimum Gasteiger partial charge on any atom is -0.297 e. The van der Waals surface area contributed by atoms with E-state index >= 15 is 0 Å². The number of hydrogen-bond acceptors (Lipinski definition) is 3. The summed E-state index contributed by atoms with van der Waals surface area (Å²) in [6.07, 6.45) is 0.819. The van der Waals surface area contributed by atoms with E-state index in [2.05, 4.69) is 20.3 Å². The molecular weight excluding hydrogens is 262 g/mol. The third-order valence-electron chi connectivity index (χ3n) is 1.76. The topological polar surface area (TPSA) is 30.0 Å². The van der Waals surface area contributed by atoms with Crippen molar-refractivity contribution in [1.29, 1.82) is 0 Å². The molecule has 0 bridgehead atoms. The van der Waals surface area contributed by atoms with Gasteiger partial charge in [0.05, 0.1) is 10.6 Å². The van der Waals surface area contributed by atoms with Gasteiger partial charge >= 0.3 is 0 Å². The molecular formula is C10H6BrNOS. The van der Waals surface area contributed by atoms with Gasteiger partial charge in [0.25, 0.3) is 0 Å². The van der Waals surface area contributed by atoms with Crippen LogP contribution in [0.25, 0.3) is 11.3 Å². The summed E-state index contributed by atoms with van der Waals surface area (Å²) in [5.74, 6) is 0. The summed E-state index contributed by atoms with van der Waals surface area (Å²) in [6.45, 7) is 0. The van der Waals surface area contributed by atoms with Gasteiger partial charge in [-0.2, -0.15) is 4.37 Å². The minimum atomic E-state index is 0.653. The molecule has 0 amide bonds. The highest BCUT2D eigenvalue weighted by Crippen LogP contribution is 2.23. The molecule has 1 aromatic carbocycles. The SMILES string of the molecule is O=Cc1cc(-c2cccc(Br)c2)ns1. The van der Waals surface area contributed by atoms with E-state index in [0.29, 0.717) is 4.88 Å². The molecule has 1 aromatic heterocycles. The molecule has 70 valence electrons. The van der Waals surface area contributed by atoms with Gasteiger partial charge in [0.2, 0.25) is 0 Å². The van der Waals surface area contributed by atoms with Crippen molar-refractivity contribution in [2.75, 3.05) is 0 Å². The van der Waals surface area contributed by atoms with Gasteiger partial charge in [-0.25, -0.2) is 0 Å². The Kier molecular flexibility index (Phi) is 2.74. The third kappa shape index (κ3) is 1.91. The molecule has 0 aliphatic carbocycles. The second-order valence-electron chi connectivity index (χ2n) is 2.74. The number of rotatable bonds is 2. The van der Waals surface area contributed by atoms with Gasteiger partial charge in [-0.05, 0) is 29.7 Å². The quantitative estimate of drug-likeness (QED) is 0.781. The van der Waals surface area contributed by atoms with E-state index in [1.165, 1.54) is 11.5 Å². The Bertz CT molecular complexity index is 467. The lowest BCUT2D eigenvalue weighted by Gasteiger charge is -1.95. The van der Waals surface area contributed by atoms with Crippen molar-refractivity contribution in [3.63, 3.8) is 0 Å². The van der Waals surface area contributed by atoms with Gasteiger partial charge in [-0.3, -0.25) is 4.79 Å². The first kappa shape index (κ1) is 9.55. The fourth-order valence-electron chi connectivity index (χ4n) is 1.13. The third-order valence-corrected chi connectivity index (χ3v) is 2.97. The molecule has 2 nitrogen and oxygen atoms in total. The zero-order valence-corrected chi connectivity index (χ0v) is 9.51. The maximum atomic E-state index is 10.5. The minimum absolute atomic E-state index is 0.653. The van der Waals surface area contributed by atoms with Crippen molar-refractivity contribution in [2.45, 2.75) is 0 Å². The van der Waals surface area contributed by atoms with Crippen molar-refractivity contribution in [3.8, 4) is 11.3 Å². The lowest BCUT2D eigenvalue weighted by molar-refractivity contribution is 0.112. The number of benzene rings is 1. The summed E-state index contributed by atoms with van der Waals surface area (Å²) >= 11 is 4.61. The second kappa shape index (κ2) is 4.02. The molecule has 0 aliphatic rings. The number of nitrogens with zero attached hydrogens (tertiary/aromatic N) is 1. The van der Waals surface area contributed by atoms with Gasteiger partial charge in [0, 0.05) is 10.0 Å². The summed E-state index contributed by atoms with van der Waals surface area (Å²) < 4.78 is 5.20. The first-order valence-electron chi connectivity index (χ1n) is 3.97. The maximum Gasteiger partial charge on any atom is 0.161 e. The number of aldehydes is 1. The van der Waals surface area contributed by atoms with E-state index in [1.807, 2.05) is 24.3 Å². The summed E-state index contributed by atoms with van der Waals surface area (Å²) in [4.78, 5) is 11.1. The van der Waals surface area contributed by atoms with Crippen molar-refractivity contribution >= 4 is 33.7 Å². The molecule has 0 fully saturated rings. The Morgan fingerprint density at radius 2 is 2.21 bits per heavy atom. The molecule has 0 saturated carbocycles. The molecule has 0 N–H and O–H groups in total. The van der Waals surface area contributed by atoms with Crippen LogP contribution in [0, 0.1) is 0 Å². The van der Waals surface area contributed by atoms with E-state index in [-0.39, 0.29) is 0 Å². The zero-order chi connectivity index (χ0) is 9.97. The van der Waals surface area contributed by atoms with Crippen LogP contribution in [0.3, 0.4) is 0 Å². The highest BCUT2D eigenvalue weighted by atomic mass is 79.9. The lowest BCUT2D eigenvalue weighted by atomic mass is 10.1. The fourth-order valence-corrected chi connectivity index (χ4v) is 2.10. The smallest absolute Gasteiger partial charge is 0.161 e. The molecule has 0 aliphatic heterocycles. The van der Waals surface area contributed by atoms with Crippen molar-refractivity contribution < 1.29 is 4.79 Å². The Morgan fingerprint density at radius 3 is 2.86 bits per heavy atom. The van der Waals surface area contributed by atoms with Crippen LogP contribution in [0.2, 0.25) is 0 Å². The van der Waals surface area contributed by atoms with Crippen LogP contribution in [0.5, 0.6) is 0 Å². The number of aromatic nitrogens is 1. The number of carbonyl (C=O) groups excluding carboxylic acids is 1. The van der Waals surface area contributed by atoms with Crippen LogP contribution in [-0.2, 0) is 0 Å². The van der Waals surface area contributed by atoms with Crippen LogP contribution < -0.4 is 0 Å². The zero-order valence-electron chi connectivity index (χ0n) is 7.11. The Morgan fingerprint density at radius 1 is 1.36 bits per heavy atom. The molecule has 2 rings (SSSR count). The average Bonchev–Trinajstić information content (AvgIpc) is 2.66. The number of hydrogen-bond donors (Lipinski definition) is 0. The first-order valence-corrected chi connectivity index (χ1v) is 5.54. The molecule has 0 unspecified atom stereocenters.